The summed E-state index contributed by atoms with van der Waals surface area (Å²) in [6.07, 6.45) is 3.98. The van der Waals surface area contributed by atoms with Crippen LogP contribution in [0.2, 0.25) is 0 Å². The van der Waals surface area contributed by atoms with E-state index in [-0.39, 0.29) is 11.9 Å². The van der Waals surface area contributed by atoms with Crippen molar-refractivity contribution in [1.82, 2.24) is 0 Å². The first-order chi connectivity index (χ1) is 7.67. The van der Waals surface area contributed by atoms with Crippen LogP contribution in [0.4, 0.5) is 0 Å². The molecule has 0 aromatic rings. The maximum Gasteiger partial charge on any atom is 0.308 e. The van der Waals surface area contributed by atoms with Crippen molar-refractivity contribution in [1.29, 1.82) is 0 Å². The molecule has 1 aliphatic rings. The van der Waals surface area contributed by atoms with Crippen LogP contribution in [0.15, 0.2) is 12.2 Å². The number of carbonyl (C=O) groups excluding carboxylic acids is 1. The number of methoxy groups -OCH3 is 1. The van der Waals surface area contributed by atoms with Gasteiger partial charge in [0.15, 0.2) is 0 Å². The van der Waals surface area contributed by atoms with Crippen molar-refractivity contribution in [2.75, 3.05) is 20.3 Å². The van der Waals surface area contributed by atoms with E-state index in [4.69, 9.17) is 9.47 Å². The molecule has 0 bridgehead atoms. The van der Waals surface area contributed by atoms with Gasteiger partial charge >= 0.3 is 5.97 Å². The maximum atomic E-state index is 11.3. The van der Waals surface area contributed by atoms with E-state index in [1.807, 2.05) is 6.92 Å². The van der Waals surface area contributed by atoms with Gasteiger partial charge in [-0.1, -0.05) is 12.2 Å². The van der Waals surface area contributed by atoms with Gasteiger partial charge in [-0.05, 0) is 38.5 Å². The summed E-state index contributed by atoms with van der Waals surface area (Å²) in [6, 6.07) is 0. The van der Waals surface area contributed by atoms with Crippen molar-refractivity contribution in [3.05, 3.63) is 12.2 Å². The first-order valence-corrected chi connectivity index (χ1v) is 5.99. The van der Waals surface area contributed by atoms with Crippen LogP contribution in [0, 0.1) is 11.8 Å². The summed E-state index contributed by atoms with van der Waals surface area (Å²) < 4.78 is 10.1. The molecule has 1 fully saturated rings. The van der Waals surface area contributed by atoms with Gasteiger partial charge in [0.25, 0.3) is 0 Å². The van der Waals surface area contributed by atoms with E-state index in [2.05, 4.69) is 6.58 Å². The topological polar surface area (TPSA) is 35.5 Å². The first-order valence-electron chi connectivity index (χ1n) is 5.99. The Kier molecular flexibility index (Phi) is 5.53. The predicted octanol–water partition coefficient (Wildman–Crippen LogP) is 2.56. The number of hydrogen-bond acceptors (Lipinski definition) is 3. The summed E-state index contributed by atoms with van der Waals surface area (Å²) in [5, 5.41) is 0. The lowest BCUT2D eigenvalue weighted by atomic mass is 9.98. The van der Waals surface area contributed by atoms with Crippen LogP contribution in [0.1, 0.15) is 32.6 Å². The maximum absolute atomic E-state index is 11.3. The Bertz CT molecular complexity index is 248. The van der Waals surface area contributed by atoms with Gasteiger partial charge in [0.05, 0.1) is 19.6 Å². The van der Waals surface area contributed by atoms with Crippen LogP contribution in [0.5, 0.6) is 0 Å². The number of esters is 1. The summed E-state index contributed by atoms with van der Waals surface area (Å²) in [5.74, 6) is 0.630. The standard InChI is InChI=1S/C13H22O3/c1-4-16-9-10(2)7-11-5-6-12(8-11)13(14)15-3/h11-12H,2,4-9H2,1,3H3/t11?,12-/m0/s1. The minimum Gasteiger partial charge on any atom is -0.469 e. The highest BCUT2D eigenvalue weighted by Crippen LogP contribution is 2.35. The minimum atomic E-state index is -0.0575. The predicted molar refractivity (Wildman–Crippen MR) is 63.1 cm³/mol. The van der Waals surface area contributed by atoms with Crippen molar-refractivity contribution < 1.29 is 14.3 Å². The zero-order chi connectivity index (χ0) is 12.0. The lowest BCUT2D eigenvalue weighted by Crippen LogP contribution is -2.13. The van der Waals surface area contributed by atoms with Crippen LogP contribution in [-0.4, -0.2) is 26.3 Å². The highest BCUT2D eigenvalue weighted by Gasteiger charge is 2.30. The van der Waals surface area contributed by atoms with E-state index in [1.165, 1.54) is 7.11 Å². The van der Waals surface area contributed by atoms with Gasteiger partial charge in [0, 0.05) is 6.61 Å². The van der Waals surface area contributed by atoms with Crippen LogP contribution in [0.3, 0.4) is 0 Å². The summed E-state index contributed by atoms with van der Waals surface area (Å²) in [6.45, 7) is 7.37. The number of hydrogen-bond donors (Lipinski definition) is 0. The fourth-order valence-electron chi connectivity index (χ4n) is 2.35. The smallest absolute Gasteiger partial charge is 0.308 e. The molecule has 1 saturated carbocycles. The van der Waals surface area contributed by atoms with Crippen LogP contribution in [0.25, 0.3) is 0 Å². The van der Waals surface area contributed by atoms with E-state index < -0.39 is 0 Å². The molecule has 0 radical (unpaired) electrons. The molecule has 0 heterocycles. The Morgan fingerprint density at radius 3 is 2.81 bits per heavy atom. The number of rotatable bonds is 6. The molecule has 0 spiro atoms. The summed E-state index contributed by atoms with van der Waals surface area (Å²) in [5.41, 5.74) is 1.14. The number of ether oxygens (including phenoxy) is 2. The Labute approximate surface area is 97.8 Å². The van der Waals surface area contributed by atoms with E-state index in [1.54, 1.807) is 0 Å². The highest BCUT2D eigenvalue weighted by atomic mass is 16.5. The molecule has 0 aromatic carbocycles. The Morgan fingerprint density at radius 2 is 2.19 bits per heavy atom. The highest BCUT2D eigenvalue weighted by molar-refractivity contribution is 5.72. The van der Waals surface area contributed by atoms with E-state index in [9.17, 15) is 4.79 Å². The van der Waals surface area contributed by atoms with Crippen molar-refractivity contribution >= 4 is 5.97 Å². The second-order valence-electron chi connectivity index (χ2n) is 4.49. The summed E-state index contributed by atoms with van der Waals surface area (Å²) >= 11 is 0. The van der Waals surface area contributed by atoms with Crippen molar-refractivity contribution in [3.8, 4) is 0 Å². The van der Waals surface area contributed by atoms with E-state index >= 15 is 0 Å². The summed E-state index contributed by atoms with van der Waals surface area (Å²) in [7, 11) is 1.46. The second kappa shape index (κ2) is 6.69. The minimum absolute atomic E-state index is 0.0575. The molecular weight excluding hydrogens is 204 g/mol. The monoisotopic (exact) mass is 226 g/mol. The fraction of sp³-hybridized carbons (Fsp3) is 0.769. The van der Waals surface area contributed by atoms with Gasteiger partial charge < -0.3 is 9.47 Å². The lowest BCUT2D eigenvalue weighted by molar-refractivity contribution is -0.145. The largest absolute Gasteiger partial charge is 0.469 e. The molecular formula is C13H22O3. The molecule has 2 atom stereocenters. The molecule has 92 valence electrons. The van der Waals surface area contributed by atoms with Gasteiger partial charge in [-0.2, -0.15) is 0 Å². The Balaban J connectivity index is 2.25. The third-order valence-corrected chi connectivity index (χ3v) is 3.16. The van der Waals surface area contributed by atoms with Crippen LogP contribution in [-0.2, 0) is 14.3 Å². The molecule has 0 aromatic heterocycles. The van der Waals surface area contributed by atoms with Gasteiger partial charge in [0.2, 0.25) is 0 Å². The fourth-order valence-corrected chi connectivity index (χ4v) is 2.35. The summed E-state index contributed by atoms with van der Waals surface area (Å²) in [4.78, 5) is 11.3. The molecule has 1 rings (SSSR count). The Morgan fingerprint density at radius 1 is 1.44 bits per heavy atom. The zero-order valence-electron chi connectivity index (χ0n) is 10.3. The number of carbonyl (C=O) groups is 1. The molecule has 0 amide bonds. The normalized spacial score (nSPS) is 24.4. The molecule has 0 saturated heterocycles. The quantitative estimate of drug-likeness (QED) is 0.516. The van der Waals surface area contributed by atoms with E-state index in [0.29, 0.717) is 12.5 Å². The van der Waals surface area contributed by atoms with Crippen LogP contribution < -0.4 is 0 Å². The third kappa shape index (κ3) is 3.97. The zero-order valence-corrected chi connectivity index (χ0v) is 10.3. The SMILES string of the molecule is C=C(COCC)CC1CC[C@H](C(=O)OC)C1. The van der Waals surface area contributed by atoms with Crippen molar-refractivity contribution in [2.24, 2.45) is 11.8 Å². The average molecular weight is 226 g/mol. The molecule has 16 heavy (non-hydrogen) atoms. The average Bonchev–Trinajstić information content (AvgIpc) is 2.73. The van der Waals surface area contributed by atoms with Crippen LogP contribution >= 0.6 is 0 Å². The molecule has 1 aliphatic carbocycles. The van der Waals surface area contributed by atoms with Crippen molar-refractivity contribution in [2.45, 2.75) is 32.6 Å². The second-order valence-corrected chi connectivity index (χ2v) is 4.49. The van der Waals surface area contributed by atoms with Gasteiger partial charge in [-0.3, -0.25) is 4.79 Å². The molecule has 1 unspecified atom stereocenters. The van der Waals surface area contributed by atoms with Crippen molar-refractivity contribution in [3.63, 3.8) is 0 Å². The van der Waals surface area contributed by atoms with Gasteiger partial charge in [-0.25, -0.2) is 0 Å². The van der Waals surface area contributed by atoms with Gasteiger partial charge in [0.1, 0.15) is 0 Å². The Hall–Kier alpha value is -0.830. The van der Waals surface area contributed by atoms with E-state index in [0.717, 1.165) is 37.9 Å². The molecule has 0 aliphatic heterocycles. The molecule has 3 heteroatoms. The van der Waals surface area contributed by atoms with Gasteiger partial charge in [-0.15, -0.1) is 0 Å². The lowest BCUT2D eigenvalue weighted by Gasteiger charge is -2.12. The third-order valence-electron chi connectivity index (χ3n) is 3.16. The molecule has 0 N–H and O–H groups in total. The first kappa shape index (κ1) is 13.2. The molecule has 3 nitrogen and oxygen atoms in total.